The Hall–Kier alpha value is -1.49. The number of nitro groups is 1. The van der Waals surface area contributed by atoms with Crippen LogP contribution < -0.4 is 0 Å². The average Bonchev–Trinajstić information content (AvgIpc) is 2.17. The minimum atomic E-state index is -1.09. The molecular formula is C8H10N2O3. The molecule has 1 heterocycles. The second kappa shape index (κ2) is 3.95. The van der Waals surface area contributed by atoms with Crippen molar-refractivity contribution in [3.05, 3.63) is 40.2 Å². The maximum absolute atomic E-state index is 10.3. The molecule has 13 heavy (non-hydrogen) atoms. The van der Waals surface area contributed by atoms with E-state index in [1.54, 1.807) is 18.3 Å². The summed E-state index contributed by atoms with van der Waals surface area (Å²) >= 11 is 0. The lowest BCUT2D eigenvalue weighted by Crippen LogP contribution is -2.23. The Morgan fingerprint density at radius 1 is 1.69 bits per heavy atom. The second-order valence-electron chi connectivity index (χ2n) is 2.76. The maximum atomic E-state index is 10.3. The molecule has 0 aliphatic rings. The first-order chi connectivity index (χ1) is 6.13. The Morgan fingerprint density at radius 3 is 2.85 bits per heavy atom. The molecule has 0 amide bonds. The van der Waals surface area contributed by atoms with Crippen molar-refractivity contribution in [2.45, 2.75) is 19.1 Å². The lowest BCUT2D eigenvalue weighted by Gasteiger charge is -2.11. The zero-order valence-electron chi connectivity index (χ0n) is 7.12. The molecule has 0 aliphatic carbocycles. The summed E-state index contributed by atoms with van der Waals surface area (Å²) in [6.07, 6.45) is 1.88. The summed E-state index contributed by atoms with van der Waals surface area (Å²) in [6, 6.07) is 2.23. The van der Waals surface area contributed by atoms with E-state index >= 15 is 0 Å². The highest BCUT2D eigenvalue weighted by Gasteiger charge is 2.25. The van der Waals surface area contributed by atoms with Gasteiger partial charge in [0.2, 0.25) is 6.04 Å². The summed E-state index contributed by atoms with van der Waals surface area (Å²) in [4.78, 5) is 13.6. The second-order valence-corrected chi connectivity index (χ2v) is 2.76. The number of hydrogen-bond acceptors (Lipinski definition) is 4. The third-order valence-corrected chi connectivity index (χ3v) is 1.82. The molecule has 0 fully saturated rings. The summed E-state index contributed by atoms with van der Waals surface area (Å²) in [5.41, 5.74) is 0.465. The standard InChI is InChI=1S/C8H10N2O3/c1-6(10(12)13)8(11)7-3-2-4-9-5-7/h2-6,8,11H,1H3/t6-,8-/m0/s1. The fourth-order valence-electron chi connectivity index (χ4n) is 0.945. The van der Waals surface area contributed by atoms with Crippen LogP contribution in [0.5, 0.6) is 0 Å². The number of aliphatic hydroxyl groups excluding tert-OH is 1. The maximum Gasteiger partial charge on any atom is 0.240 e. The van der Waals surface area contributed by atoms with Crippen molar-refractivity contribution in [2.75, 3.05) is 0 Å². The lowest BCUT2D eigenvalue weighted by molar-refractivity contribution is -0.531. The number of rotatable bonds is 3. The molecule has 0 spiro atoms. The molecule has 5 heteroatoms. The molecule has 2 atom stereocenters. The first-order valence-corrected chi connectivity index (χ1v) is 3.84. The highest BCUT2D eigenvalue weighted by atomic mass is 16.6. The molecule has 0 saturated heterocycles. The Kier molecular flexibility index (Phi) is 2.92. The predicted molar refractivity (Wildman–Crippen MR) is 45.7 cm³/mol. The van der Waals surface area contributed by atoms with Crippen molar-refractivity contribution in [3.8, 4) is 0 Å². The average molecular weight is 182 g/mol. The van der Waals surface area contributed by atoms with Gasteiger partial charge >= 0.3 is 0 Å². The van der Waals surface area contributed by atoms with E-state index in [9.17, 15) is 15.2 Å². The zero-order chi connectivity index (χ0) is 9.84. The highest BCUT2D eigenvalue weighted by molar-refractivity contribution is 5.12. The molecule has 0 unspecified atom stereocenters. The number of aromatic nitrogens is 1. The van der Waals surface area contributed by atoms with E-state index in [1.807, 2.05) is 0 Å². The number of hydrogen-bond donors (Lipinski definition) is 1. The number of aliphatic hydroxyl groups is 1. The van der Waals surface area contributed by atoms with Crippen LogP contribution in [0.2, 0.25) is 0 Å². The van der Waals surface area contributed by atoms with Crippen molar-refractivity contribution in [1.29, 1.82) is 0 Å². The van der Waals surface area contributed by atoms with Crippen molar-refractivity contribution in [1.82, 2.24) is 4.98 Å². The molecule has 1 aromatic rings. The first kappa shape index (κ1) is 9.60. The van der Waals surface area contributed by atoms with E-state index in [0.717, 1.165) is 0 Å². The minimum absolute atomic E-state index is 0.465. The SMILES string of the molecule is C[C@@H]([C@H](O)c1cccnc1)[N+](=O)[O-]. The van der Waals surface area contributed by atoms with Gasteiger partial charge in [0, 0.05) is 29.8 Å². The van der Waals surface area contributed by atoms with E-state index in [0.29, 0.717) is 5.56 Å². The van der Waals surface area contributed by atoms with Crippen molar-refractivity contribution >= 4 is 0 Å². The third-order valence-electron chi connectivity index (χ3n) is 1.82. The predicted octanol–water partition coefficient (Wildman–Crippen LogP) is 0.780. The molecule has 5 nitrogen and oxygen atoms in total. The third kappa shape index (κ3) is 2.22. The van der Waals surface area contributed by atoms with Gasteiger partial charge in [0.05, 0.1) is 0 Å². The highest BCUT2D eigenvalue weighted by Crippen LogP contribution is 2.16. The molecular weight excluding hydrogens is 172 g/mol. The van der Waals surface area contributed by atoms with Crippen LogP contribution in [-0.4, -0.2) is 21.1 Å². The van der Waals surface area contributed by atoms with Gasteiger partial charge < -0.3 is 5.11 Å². The summed E-state index contributed by atoms with van der Waals surface area (Å²) < 4.78 is 0. The molecule has 70 valence electrons. The van der Waals surface area contributed by atoms with Crippen molar-refractivity contribution < 1.29 is 10.0 Å². The van der Waals surface area contributed by atoms with Crippen LogP contribution in [0.25, 0.3) is 0 Å². The van der Waals surface area contributed by atoms with Gasteiger partial charge in [-0.15, -0.1) is 0 Å². The Balaban J connectivity index is 2.79. The smallest absolute Gasteiger partial charge is 0.240 e. The topological polar surface area (TPSA) is 76.3 Å². The normalized spacial score (nSPS) is 14.9. The Morgan fingerprint density at radius 2 is 2.38 bits per heavy atom. The van der Waals surface area contributed by atoms with Crippen molar-refractivity contribution in [3.63, 3.8) is 0 Å². The summed E-state index contributed by atoms with van der Waals surface area (Å²) in [5.74, 6) is 0. The summed E-state index contributed by atoms with van der Waals surface area (Å²) in [5, 5.41) is 19.8. The fourth-order valence-corrected chi connectivity index (χ4v) is 0.945. The molecule has 0 aromatic carbocycles. The van der Waals surface area contributed by atoms with Crippen LogP contribution in [0.1, 0.15) is 18.6 Å². The first-order valence-electron chi connectivity index (χ1n) is 3.84. The van der Waals surface area contributed by atoms with Gasteiger partial charge in [0.25, 0.3) is 0 Å². The fraction of sp³-hybridized carbons (Fsp3) is 0.375. The van der Waals surface area contributed by atoms with Crippen molar-refractivity contribution in [2.24, 2.45) is 0 Å². The molecule has 0 saturated carbocycles. The Labute approximate surface area is 75.2 Å². The van der Waals surface area contributed by atoms with E-state index in [2.05, 4.69) is 4.98 Å². The quantitative estimate of drug-likeness (QED) is 0.553. The largest absolute Gasteiger partial charge is 0.381 e. The van der Waals surface area contributed by atoms with Gasteiger partial charge in [-0.05, 0) is 6.07 Å². The molecule has 1 rings (SSSR count). The lowest BCUT2D eigenvalue weighted by atomic mass is 10.1. The molecule has 0 aliphatic heterocycles. The van der Waals surface area contributed by atoms with Gasteiger partial charge in [0.1, 0.15) is 6.10 Å². The van der Waals surface area contributed by atoms with Crippen LogP contribution >= 0.6 is 0 Å². The van der Waals surface area contributed by atoms with E-state index in [1.165, 1.54) is 13.1 Å². The summed E-state index contributed by atoms with van der Waals surface area (Å²) in [7, 11) is 0. The van der Waals surface area contributed by atoms with Crippen LogP contribution in [0.4, 0.5) is 0 Å². The molecule has 0 bridgehead atoms. The van der Waals surface area contributed by atoms with Gasteiger partial charge in [-0.25, -0.2) is 0 Å². The van der Waals surface area contributed by atoms with Crippen LogP contribution in [-0.2, 0) is 0 Å². The number of pyridine rings is 1. The van der Waals surface area contributed by atoms with E-state index in [4.69, 9.17) is 0 Å². The van der Waals surface area contributed by atoms with Crippen LogP contribution in [0, 0.1) is 10.1 Å². The summed E-state index contributed by atoms with van der Waals surface area (Å²) in [6.45, 7) is 1.36. The molecule has 1 N–H and O–H groups in total. The minimum Gasteiger partial charge on any atom is -0.381 e. The molecule has 0 radical (unpaired) electrons. The number of nitrogens with zero attached hydrogens (tertiary/aromatic N) is 2. The van der Waals surface area contributed by atoms with E-state index < -0.39 is 17.1 Å². The van der Waals surface area contributed by atoms with E-state index in [-0.39, 0.29) is 0 Å². The monoisotopic (exact) mass is 182 g/mol. The van der Waals surface area contributed by atoms with Crippen LogP contribution in [0.15, 0.2) is 24.5 Å². The van der Waals surface area contributed by atoms with Gasteiger partial charge in [-0.2, -0.15) is 0 Å². The van der Waals surface area contributed by atoms with Gasteiger partial charge in [-0.1, -0.05) is 6.07 Å². The van der Waals surface area contributed by atoms with Gasteiger partial charge in [-0.3, -0.25) is 15.1 Å². The Bertz CT molecular complexity index is 289. The molecule has 1 aromatic heterocycles. The van der Waals surface area contributed by atoms with Crippen LogP contribution in [0.3, 0.4) is 0 Å². The zero-order valence-corrected chi connectivity index (χ0v) is 7.12. The van der Waals surface area contributed by atoms with Gasteiger partial charge in [0.15, 0.2) is 0 Å².